The molecule has 1 rings (SSSR count). The maximum Gasteiger partial charge on any atom is 0.222 e. The summed E-state index contributed by atoms with van der Waals surface area (Å²) < 4.78 is 0. The van der Waals surface area contributed by atoms with Gasteiger partial charge in [-0.05, 0) is 49.5 Å². The molecule has 1 aliphatic rings. The summed E-state index contributed by atoms with van der Waals surface area (Å²) in [6, 6.07) is 0. The summed E-state index contributed by atoms with van der Waals surface area (Å²) in [7, 11) is 1.90. The summed E-state index contributed by atoms with van der Waals surface area (Å²) in [5.41, 5.74) is 0. The summed E-state index contributed by atoms with van der Waals surface area (Å²) in [6.07, 6.45) is 6.00. The molecule has 0 saturated carbocycles. The molecular formula is C13H25NO2S. The summed E-state index contributed by atoms with van der Waals surface area (Å²) in [5, 5.41) is 8.67. The van der Waals surface area contributed by atoms with Crippen LogP contribution in [0.4, 0.5) is 0 Å². The third kappa shape index (κ3) is 6.32. The number of hydrogen-bond donors (Lipinski definition) is 1. The van der Waals surface area contributed by atoms with Crippen LogP contribution in [0, 0.1) is 5.92 Å². The molecule has 4 heteroatoms. The molecule has 100 valence electrons. The molecule has 1 aliphatic heterocycles. The number of aliphatic hydroxyl groups excluding tert-OH is 1. The maximum absolute atomic E-state index is 11.9. The summed E-state index contributed by atoms with van der Waals surface area (Å²) in [5.74, 6) is 3.35. The first-order chi connectivity index (χ1) is 8.24. The van der Waals surface area contributed by atoms with Crippen LogP contribution in [0.1, 0.15) is 38.5 Å². The number of unbranched alkanes of at least 4 members (excludes halogenated alkanes) is 2. The van der Waals surface area contributed by atoms with E-state index in [1.54, 1.807) is 0 Å². The van der Waals surface area contributed by atoms with Crippen molar-refractivity contribution in [2.45, 2.75) is 38.5 Å². The first-order valence-corrected chi connectivity index (χ1v) is 7.82. The Balaban J connectivity index is 2.12. The van der Waals surface area contributed by atoms with Crippen molar-refractivity contribution in [2.24, 2.45) is 5.92 Å². The topological polar surface area (TPSA) is 40.5 Å². The van der Waals surface area contributed by atoms with Crippen LogP contribution in [0.3, 0.4) is 0 Å². The average molecular weight is 259 g/mol. The van der Waals surface area contributed by atoms with Gasteiger partial charge in [-0.3, -0.25) is 4.79 Å². The fourth-order valence-electron chi connectivity index (χ4n) is 2.12. The average Bonchev–Trinajstić information content (AvgIpc) is 2.35. The first kappa shape index (κ1) is 14.8. The van der Waals surface area contributed by atoms with Crippen LogP contribution in [0.2, 0.25) is 0 Å². The van der Waals surface area contributed by atoms with E-state index in [-0.39, 0.29) is 6.61 Å². The summed E-state index contributed by atoms with van der Waals surface area (Å²) >= 11 is 2.00. The van der Waals surface area contributed by atoms with E-state index in [9.17, 15) is 4.79 Å². The second-order valence-electron chi connectivity index (χ2n) is 4.86. The quantitative estimate of drug-likeness (QED) is 0.712. The molecule has 1 amide bonds. The van der Waals surface area contributed by atoms with Crippen LogP contribution in [0.15, 0.2) is 0 Å². The first-order valence-electron chi connectivity index (χ1n) is 6.66. The Bertz CT molecular complexity index is 217. The van der Waals surface area contributed by atoms with Crippen molar-refractivity contribution in [3.63, 3.8) is 0 Å². The van der Waals surface area contributed by atoms with E-state index in [0.29, 0.717) is 11.8 Å². The highest BCUT2D eigenvalue weighted by atomic mass is 32.2. The predicted octanol–water partition coefficient (Wildman–Crippen LogP) is 2.14. The number of rotatable bonds is 7. The van der Waals surface area contributed by atoms with Gasteiger partial charge in [-0.15, -0.1) is 0 Å². The monoisotopic (exact) mass is 259 g/mol. The lowest BCUT2D eigenvalue weighted by Crippen LogP contribution is -2.30. The highest BCUT2D eigenvalue weighted by Crippen LogP contribution is 2.25. The number of amides is 1. The Kier molecular flexibility index (Phi) is 7.69. The minimum absolute atomic E-state index is 0.261. The van der Waals surface area contributed by atoms with Gasteiger partial charge in [0.05, 0.1) is 0 Å². The van der Waals surface area contributed by atoms with Crippen molar-refractivity contribution in [2.75, 3.05) is 31.7 Å². The van der Waals surface area contributed by atoms with Crippen molar-refractivity contribution >= 4 is 17.7 Å². The molecule has 0 radical (unpaired) electrons. The zero-order chi connectivity index (χ0) is 12.5. The molecule has 1 saturated heterocycles. The predicted molar refractivity (Wildman–Crippen MR) is 73.2 cm³/mol. The van der Waals surface area contributed by atoms with Gasteiger partial charge in [0.2, 0.25) is 5.91 Å². The van der Waals surface area contributed by atoms with Crippen molar-refractivity contribution in [3.05, 3.63) is 0 Å². The highest BCUT2D eigenvalue weighted by Gasteiger charge is 2.19. The van der Waals surface area contributed by atoms with Crippen molar-refractivity contribution in [1.29, 1.82) is 0 Å². The number of aliphatic hydroxyl groups is 1. The van der Waals surface area contributed by atoms with Gasteiger partial charge in [0.15, 0.2) is 0 Å². The molecule has 1 N–H and O–H groups in total. The lowest BCUT2D eigenvalue weighted by molar-refractivity contribution is -0.131. The Hall–Kier alpha value is -0.220. The van der Waals surface area contributed by atoms with Gasteiger partial charge in [0.25, 0.3) is 0 Å². The van der Waals surface area contributed by atoms with Crippen molar-refractivity contribution < 1.29 is 9.90 Å². The minimum atomic E-state index is 0.261. The molecule has 0 aromatic carbocycles. The molecule has 1 fully saturated rings. The second kappa shape index (κ2) is 8.81. The molecule has 3 nitrogen and oxygen atoms in total. The van der Waals surface area contributed by atoms with E-state index < -0.39 is 0 Å². The number of hydrogen-bond acceptors (Lipinski definition) is 3. The molecule has 0 aromatic heterocycles. The fraction of sp³-hybridized carbons (Fsp3) is 0.923. The van der Waals surface area contributed by atoms with Crippen molar-refractivity contribution in [1.82, 2.24) is 4.90 Å². The van der Waals surface area contributed by atoms with Gasteiger partial charge >= 0.3 is 0 Å². The molecule has 1 heterocycles. The van der Waals surface area contributed by atoms with Crippen LogP contribution >= 0.6 is 11.8 Å². The number of thioether (sulfide) groups is 1. The third-order valence-electron chi connectivity index (χ3n) is 3.38. The normalized spacial score (nSPS) is 17.1. The van der Waals surface area contributed by atoms with Gasteiger partial charge in [0, 0.05) is 26.6 Å². The van der Waals surface area contributed by atoms with Crippen LogP contribution in [-0.2, 0) is 4.79 Å². The Morgan fingerprint density at radius 3 is 2.65 bits per heavy atom. The Labute approximate surface area is 109 Å². The zero-order valence-corrected chi connectivity index (χ0v) is 11.7. The standard InChI is InChI=1S/C13H25NO2S/c1-14(7-3-2-4-8-15)13(16)11-12-5-9-17-10-6-12/h12,15H,2-11H2,1H3. The van der Waals surface area contributed by atoms with Crippen molar-refractivity contribution in [3.8, 4) is 0 Å². The largest absolute Gasteiger partial charge is 0.396 e. The lowest BCUT2D eigenvalue weighted by Gasteiger charge is -2.24. The van der Waals surface area contributed by atoms with Gasteiger partial charge in [-0.25, -0.2) is 0 Å². The Morgan fingerprint density at radius 1 is 1.29 bits per heavy atom. The number of nitrogens with zero attached hydrogens (tertiary/aromatic N) is 1. The third-order valence-corrected chi connectivity index (χ3v) is 4.43. The number of carbonyl (C=O) groups is 1. The molecule has 0 aromatic rings. The lowest BCUT2D eigenvalue weighted by atomic mass is 9.98. The molecule has 0 spiro atoms. The van der Waals surface area contributed by atoms with Gasteiger partial charge in [-0.2, -0.15) is 11.8 Å². The zero-order valence-electron chi connectivity index (χ0n) is 10.9. The van der Waals surface area contributed by atoms with E-state index in [4.69, 9.17) is 5.11 Å². The summed E-state index contributed by atoms with van der Waals surface area (Å²) in [6.45, 7) is 1.09. The van der Waals surface area contributed by atoms with E-state index in [1.165, 1.54) is 24.3 Å². The van der Waals surface area contributed by atoms with Gasteiger partial charge in [-0.1, -0.05) is 0 Å². The van der Waals surface area contributed by atoms with Gasteiger partial charge in [0.1, 0.15) is 0 Å². The van der Waals surface area contributed by atoms with Crippen LogP contribution in [-0.4, -0.2) is 47.6 Å². The second-order valence-corrected chi connectivity index (χ2v) is 6.08. The van der Waals surface area contributed by atoms with Gasteiger partial charge < -0.3 is 10.0 Å². The molecular weight excluding hydrogens is 234 g/mol. The van der Waals surface area contributed by atoms with E-state index in [2.05, 4.69) is 0 Å². The highest BCUT2D eigenvalue weighted by molar-refractivity contribution is 7.99. The minimum Gasteiger partial charge on any atom is -0.396 e. The van der Waals surface area contributed by atoms with E-state index >= 15 is 0 Å². The maximum atomic E-state index is 11.9. The number of carbonyl (C=O) groups excluding carboxylic acids is 1. The Morgan fingerprint density at radius 2 is 2.00 bits per heavy atom. The fourth-order valence-corrected chi connectivity index (χ4v) is 3.32. The molecule has 0 bridgehead atoms. The molecule has 0 aliphatic carbocycles. The summed E-state index contributed by atoms with van der Waals surface area (Å²) in [4.78, 5) is 13.8. The molecule has 0 atom stereocenters. The molecule has 17 heavy (non-hydrogen) atoms. The smallest absolute Gasteiger partial charge is 0.222 e. The van der Waals surface area contributed by atoms with Crippen LogP contribution in [0.5, 0.6) is 0 Å². The SMILES string of the molecule is CN(CCCCCO)C(=O)CC1CCSCC1. The molecule has 0 unspecified atom stereocenters. The van der Waals surface area contributed by atoms with E-state index in [1.807, 2.05) is 23.7 Å². The van der Waals surface area contributed by atoms with E-state index in [0.717, 1.165) is 32.2 Å². The van der Waals surface area contributed by atoms with Crippen LogP contribution in [0.25, 0.3) is 0 Å². The van der Waals surface area contributed by atoms with Crippen LogP contribution < -0.4 is 0 Å².